The number of aromatic hydroxyl groups is 1. The van der Waals surface area contributed by atoms with E-state index in [0.29, 0.717) is 29.8 Å². The monoisotopic (exact) mass is 393 g/mol. The van der Waals surface area contributed by atoms with Gasteiger partial charge in [-0.05, 0) is 59.7 Å². The lowest BCUT2D eigenvalue weighted by atomic mass is 9.51. The molecule has 152 valence electrons. The summed E-state index contributed by atoms with van der Waals surface area (Å²) in [5.74, 6) is -0.149. The summed E-state index contributed by atoms with van der Waals surface area (Å²) in [5, 5.41) is 10.5. The third-order valence-electron chi connectivity index (χ3n) is 7.44. The van der Waals surface area contributed by atoms with E-state index in [4.69, 9.17) is 4.74 Å². The molecule has 29 heavy (non-hydrogen) atoms. The van der Waals surface area contributed by atoms with Gasteiger partial charge in [-0.15, -0.1) is 0 Å². The number of methoxy groups -OCH3 is 1. The number of phenols is 1. The normalized spacial score (nSPS) is 24.6. The van der Waals surface area contributed by atoms with Crippen LogP contribution in [0.5, 0.6) is 5.75 Å². The molecule has 1 aliphatic heterocycles. The van der Waals surface area contributed by atoms with Crippen LogP contribution in [0.1, 0.15) is 59.0 Å². The number of rotatable bonds is 2. The van der Waals surface area contributed by atoms with Gasteiger partial charge in [-0.3, -0.25) is 4.79 Å². The van der Waals surface area contributed by atoms with Crippen molar-refractivity contribution in [2.75, 3.05) is 13.7 Å². The van der Waals surface area contributed by atoms with Crippen molar-refractivity contribution >= 4 is 11.9 Å². The Morgan fingerprint density at radius 3 is 2.38 bits per heavy atom. The molecule has 5 nitrogen and oxygen atoms in total. The fourth-order valence-corrected chi connectivity index (χ4v) is 5.20. The molecule has 1 saturated heterocycles. The first-order valence-electron chi connectivity index (χ1n) is 10.0. The van der Waals surface area contributed by atoms with Gasteiger partial charge in [-0.2, -0.15) is 0 Å². The van der Waals surface area contributed by atoms with Gasteiger partial charge in [0.2, 0.25) is 0 Å². The van der Waals surface area contributed by atoms with Gasteiger partial charge >= 0.3 is 5.97 Å². The molecule has 0 aromatic heterocycles. The van der Waals surface area contributed by atoms with Crippen molar-refractivity contribution in [1.82, 2.24) is 4.90 Å². The number of nitrogens with zero attached hydrogens (tertiary/aromatic N) is 1. The molecule has 2 bridgehead atoms. The summed E-state index contributed by atoms with van der Waals surface area (Å²) in [4.78, 5) is 27.0. The van der Waals surface area contributed by atoms with Crippen molar-refractivity contribution in [3.8, 4) is 5.75 Å². The molecule has 1 unspecified atom stereocenters. The van der Waals surface area contributed by atoms with E-state index < -0.39 is 5.97 Å². The number of fused-ring (bicyclic) bond motifs is 4. The first-order valence-corrected chi connectivity index (χ1v) is 10.0. The maximum atomic E-state index is 13.4. The minimum Gasteiger partial charge on any atom is -0.508 e. The first-order chi connectivity index (χ1) is 13.7. The Labute approximate surface area is 171 Å². The zero-order valence-corrected chi connectivity index (χ0v) is 17.4. The fourth-order valence-electron chi connectivity index (χ4n) is 5.20. The third kappa shape index (κ3) is 2.75. The summed E-state index contributed by atoms with van der Waals surface area (Å²) in [7, 11) is 1.34. The lowest BCUT2D eigenvalue weighted by molar-refractivity contribution is -0.0266. The summed E-state index contributed by atoms with van der Waals surface area (Å²) in [6, 6.07) is 12.4. The lowest BCUT2D eigenvalue weighted by Crippen LogP contribution is -2.64. The van der Waals surface area contributed by atoms with Crippen LogP contribution in [-0.4, -0.2) is 41.6 Å². The second kappa shape index (κ2) is 6.61. The quantitative estimate of drug-likeness (QED) is 0.785. The van der Waals surface area contributed by atoms with Gasteiger partial charge < -0.3 is 14.7 Å². The molecule has 2 atom stereocenters. The number of carbonyl (C=O) groups is 2. The second-order valence-electron chi connectivity index (χ2n) is 8.89. The zero-order chi connectivity index (χ0) is 21.0. The topological polar surface area (TPSA) is 66.8 Å². The van der Waals surface area contributed by atoms with Gasteiger partial charge in [0.15, 0.2) is 0 Å². The molecule has 1 heterocycles. The van der Waals surface area contributed by atoms with Crippen LogP contribution in [0.2, 0.25) is 0 Å². The van der Waals surface area contributed by atoms with Crippen LogP contribution in [0.15, 0.2) is 42.5 Å². The van der Waals surface area contributed by atoms with E-state index in [9.17, 15) is 14.7 Å². The van der Waals surface area contributed by atoms with Crippen molar-refractivity contribution < 1.29 is 19.4 Å². The molecular formula is C24H27NO4. The zero-order valence-electron chi connectivity index (χ0n) is 17.4. The van der Waals surface area contributed by atoms with Gasteiger partial charge in [0, 0.05) is 23.6 Å². The Balaban J connectivity index is 1.70. The maximum Gasteiger partial charge on any atom is 0.337 e. The van der Waals surface area contributed by atoms with Gasteiger partial charge in [0.05, 0.1) is 12.7 Å². The number of benzene rings is 2. The summed E-state index contributed by atoms with van der Waals surface area (Å²) < 4.78 is 4.73. The Hall–Kier alpha value is -2.82. The molecule has 1 amide bonds. The van der Waals surface area contributed by atoms with Crippen LogP contribution in [0, 0.1) is 5.41 Å². The van der Waals surface area contributed by atoms with Crippen LogP contribution in [0.3, 0.4) is 0 Å². The highest BCUT2D eigenvalue weighted by atomic mass is 16.5. The van der Waals surface area contributed by atoms with E-state index in [2.05, 4.69) is 26.8 Å². The Bertz CT molecular complexity index is 979. The lowest BCUT2D eigenvalue weighted by Gasteiger charge is -2.60. The van der Waals surface area contributed by atoms with E-state index in [1.54, 1.807) is 30.3 Å². The molecule has 5 heteroatoms. The van der Waals surface area contributed by atoms with E-state index >= 15 is 0 Å². The van der Waals surface area contributed by atoms with Crippen LogP contribution in [0.4, 0.5) is 0 Å². The van der Waals surface area contributed by atoms with Crippen molar-refractivity contribution in [2.24, 2.45) is 5.41 Å². The van der Waals surface area contributed by atoms with Crippen molar-refractivity contribution in [3.63, 3.8) is 0 Å². The summed E-state index contributed by atoms with van der Waals surface area (Å²) in [6.45, 7) is 7.37. The van der Waals surface area contributed by atoms with Crippen LogP contribution >= 0.6 is 0 Å². The van der Waals surface area contributed by atoms with Crippen molar-refractivity contribution in [3.05, 3.63) is 64.7 Å². The van der Waals surface area contributed by atoms with Gasteiger partial charge in [-0.25, -0.2) is 4.79 Å². The van der Waals surface area contributed by atoms with E-state index in [1.807, 2.05) is 11.0 Å². The molecule has 1 fully saturated rings. The molecule has 2 aromatic rings. The predicted octanol–water partition coefficient (Wildman–Crippen LogP) is 3.93. The number of phenolic OH excluding ortho intramolecular Hbond substituents is 1. The average Bonchev–Trinajstić information content (AvgIpc) is 2.70. The number of hydrogen-bond donors (Lipinski definition) is 1. The summed E-state index contributed by atoms with van der Waals surface area (Å²) >= 11 is 0. The van der Waals surface area contributed by atoms with E-state index in [1.165, 1.54) is 12.7 Å². The Morgan fingerprint density at radius 1 is 1.07 bits per heavy atom. The number of carbonyl (C=O) groups excluding carboxylic acids is 2. The summed E-state index contributed by atoms with van der Waals surface area (Å²) in [5.41, 5.74) is 2.88. The molecular weight excluding hydrogens is 366 g/mol. The maximum absolute atomic E-state index is 13.4. The molecule has 1 N–H and O–H groups in total. The number of likely N-dealkylation sites (tertiary alicyclic amines) is 1. The Morgan fingerprint density at radius 2 is 1.72 bits per heavy atom. The van der Waals surface area contributed by atoms with E-state index in [0.717, 1.165) is 12.0 Å². The van der Waals surface area contributed by atoms with Gasteiger partial charge in [0.1, 0.15) is 5.75 Å². The van der Waals surface area contributed by atoms with E-state index in [-0.39, 0.29) is 22.8 Å². The first kappa shape index (κ1) is 19.5. The van der Waals surface area contributed by atoms with Crippen molar-refractivity contribution in [1.29, 1.82) is 0 Å². The number of amides is 1. The average molecular weight is 393 g/mol. The van der Waals surface area contributed by atoms with Crippen LogP contribution in [0.25, 0.3) is 0 Å². The third-order valence-corrected chi connectivity index (χ3v) is 7.44. The largest absolute Gasteiger partial charge is 0.508 e. The minimum absolute atomic E-state index is 0.0187. The molecule has 0 saturated carbocycles. The van der Waals surface area contributed by atoms with Crippen LogP contribution < -0.4 is 0 Å². The minimum atomic E-state index is -0.418. The SMILES string of the molecule is COC(=O)c1ccc(C(=O)N2CCC3(C)c4cccc(O)c4C[C@@H]2C3(C)C)cc1. The van der Waals surface area contributed by atoms with Gasteiger partial charge in [-0.1, -0.05) is 32.9 Å². The molecule has 2 aromatic carbocycles. The molecule has 0 radical (unpaired) electrons. The predicted molar refractivity (Wildman–Crippen MR) is 110 cm³/mol. The highest BCUT2D eigenvalue weighted by molar-refractivity contribution is 5.96. The number of piperidine rings is 1. The standard InChI is InChI=1S/C24H27NO4/c1-23(2)20-14-17-18(6-5-7-19(17)26)24(23,3)12-13-25(20)21(27)15-8-10-16(11-9-15)22(28)29-4/h5-11,20,26H,12-14H2,1-4H3/t20-,24?/m1/s1. The van der Waals surface area contributed by atoms with Crippen LogP contribution in [-0.2, 0) is 16.6 Å². The molecule has 4 rings (SSSR count). The number of hydrogen-bond acceptors (Lipinski definition) is 4. The highest BCUT2D eigenvalue weighted by Crippen LogP contribution is 2.57. The number of ether oxygens (including phenoxy) is 1. The van der Waals surface area contributed by atoms with Crippen molar-refractivity contribution in [2.45, 2.75) is 45.1 Å². The molecule has 2 aliphatic rings. The highest BCUT2D eigenvalue weighted by Gasteiger charge is 2.57. The van der Waals surface area contributed by atoms with Gasteiger partial charge in [0.25, 0.3) is 5.91 Å². The molecule has 1 aliphatic carbocycles. The molecule has 0 spiro atoms. The Kier molecular flexibility index (Phi) is 4.45. The fraction of sp³-hybridized carbons (Fsp3) is 0.417. The number of esters is 1. The summed E-state index contributed by atoms with van der Waals surface area (Å²) in [6.07, 6.45) is 1.47. The smallest absolute Gasteiger partial charge is 0.337 e. The second-order valence-corrected chi connectivity index (χ2v) is 8.89.